The van der Waals surface area contributed by atoms with Crippen LogP contribution in [0.4, 0.5) is 0 Å². The second-order valence-corrected chi connectivity index (χ2v) is 6.03. The fourth-order valence-corrected chi connectivity index (χ4v) is 3.14. The number of phenols is 2. The number of carbonyl (C=O) groups is 1. The maximum Gasteiger partial charge on any atom is 0.340 e. The van der Waals surface area contributed by atoms with Crippen molar-refractivity contribution in [2.75, 3.05) is 6.61 Å². The summed E-state index contributed by atoms with van der Waals surface area (Å²) in [6, 6.07) is 6.30. The minimum atomic E-state index is -0.619. The van der Waals surface area contributed by atoms with E-state index in [2.05, 4.69) is 9.97 Å². The van der Waals surface area contributed by atoms with Crippen LogP contribution in [0.25, 0.3) is 22.0 Å². The van der Waals surface area contributed by atoms with Crippen molar-refractivity contribution >= 4 is 16.7 Å². The van der Waals surface area contributed by atoms with E-state index in [9.17, 15) is 19.8 Å². The van der Waals surface area contributed by atoms with Crippen LogP contribution in [0.3, 0.4) is 0 Å². The summed E-state index contributed by atoms with van der Waals surface area (Å²) in [5, 5.41) is 21.3. The molecule has 7 heteroatoms. The molecule has 0 atom stereocenters. The lowest BCUT2D eigenvalue weighted by atomic mass is 9.97. The molecule has 1 aromatic carbocycles. The summed E-state index contributed by atoms with van der Waals surface area (Å²) >= 11 is 0. The van der Waals surface area contributed by atoms with Crippen molar-refractivity contribution in [1.29, 1.82) is 0 Å². The molecule has 0 saturated carbocycles. The largest absolute Gasteiger partial charge is 0.507 e. The average molecular weight is 368 g/mol. The number of phenolic OH excluding ortho intramolecular Hbond substituents is 2. The molecule has 140 valence electrons. The van der Waals surface area contributed by atoms with Crippen molar-refractivity contribution < 1.29 is 19.7 Å². The maximum atomic E-state index is 12.7. The summed E-state index contributed by atoms with van der Waals surface area (Å²) in [7, 11) is 0. The number of hydrogen-bond acceptors (Lipinski definition) is 6. The van der Waals surface area contributed by atoms with Gasteiger partial charge >= 0.3 is 5.97 Å². The number of carbonyl (C=O) groups excluding carboxylic acids is 1. The van der Waals surface area contributed by atoms with E-state index in [1.807, 2.05) is 6.92 Å². The van der Waals surface area contributed by atoms with Gasteiger partial charge in [0.1, 0.15) is 11.5 Å². The van der Waals surface area contributed by atoms with E-state index in [0.717, 1.165) is 0 Å². The normalized spacial score (nSPS) is 10.9. The number of fused-ring (bicyclic) bond motifs is 1. The number of nitrogens with one attached hydrogen (secondary N) is 1. The molecule has 3 aromatic rings. The minimum absolute atomic E-state index is 0.0339. The van der Waals surface area contributed by atoms with Gasteiger partial charge in [-0.05, 0) is 31.5 Å². The second-order valence-electron chi connectivity index (χ2n) is 6.03. The topological polar surface area (TPSA) is 113 Å². The first kappa shape index (κ1) is 18.4. The molecule has 0 fully saturated rings. The third-order valence-corrected chi connectivity index (χ3v) is 4.24. The Labute approximate surface area is 155 Å². The average Bonchev–Trinajstić information content (AvgIpc) is 2.62. The van der Waals surface area contributed by atoms with Gasteiger partial charge in [-0.25, -0.2) is 4.79 Å². The Kier molecular flexibility index (Phi) is 5.12. The standard InChI is InChI=1S/C20H20N2O5/c1-3-7-13-15(20(26)27-4-2)11-10-14(23)17(12-8-5-6-9-21-12)18(24)16(11)19(25)22-13/h5-6,8-10,23-24H,3-4,7H2,1-2H3,(H,22,25). The number of hydrogen-bond donors (Lipinski definition) is 3. The first-order valence-corrected chi connectivity index (χ1v) is 8.71. The fraction of sp³-hybridized carbons (Fsp3) is 0.250. The van der Waals surface area contributed by atoms with Crippen LogP contribution in [0.5, 0.6) is 11.5 Å². The number of aromatic nitrogens is 2. The van der Waals surface area contributed by atoms with Crippen LogP contribution in [-0.4, -0.2) is 32.8 Å². The van der Waals surface area contributed by atoms with Gasteiger partial charge in [-0.15, -0.1) is 0 Å². The van der Waals surface area contributed by atoms with Crippen molar-refractivity contribution in [3.63, 3.8) is 0 Å². The zero-order valence-corrected chi connectivity index (χ0v) is 15.1. The fourth-order valence-electron chi connectivity index (χ4n) is 3.14. The van der Waals surface area contributed by atoms with Gasteiger partial charge in [0.05, 0.1) is 28.8 Å². The Morgan fingerprint density at radius 3 is 2.67 bits per heavy atom. The third-order valence-electron chi connectivity index (χ3n) is 4.24. The predicted octanol–water partition coefficient (Wildman–Crippen LogP) is 3.13. The molecule has 0 bridgehead atoms. The van der Waals surface area contributed by atoms with Gasteiger partial charge in [0, 0.05) is 17.3 Å². The van der Waals surface area contributed by atoms with E-state index >= 15 is 0 Å². The Morgan fingerprint density at radius 1 is 1.26 bits per heavy atom. The summed E-state index contributed by atoms with van der Waals surface area (Å²) in [6.07, 6.45) is 2.65. The molecule has 3 rings (SSSR count). The molecule has 0 aliphatic rings. The molecule has 0 unspecified atom stereocenters. The van der Waals surface area contributed by atoms with Crippen molar-refractivity contribution in [2.24, 2.45) is 0 Å². The lowest BCUT2D eigenvalue weighted by Gasteiger charge is -2.15. The molecule has 0 spiro atoms. The van der Waals surface area contributed by atoms with Gasteiger partial charge in [0.2, 0.25) is 0 Å². The first-order chi connectivity index (χ1) is 13.0. The summed E-state index contributed by atoms with van der Waals surface area (Å²) in [5.74, 6) is -1.33. The van der Waals surface area contributed by atoms with Crippen molar-refractivity contribution in [1.82, 2.24) is 9.97 Å². The molecule has 0 aliphatic heterocycles. The van der Waals surface area contributed by atoms with E-state index in [-0.39, 0.29) is 34.3 Å². The molecule has 7 nitrogen and oxygen atoms in total. The number of nitrogens with zero attached hydrogens (tertiary/aromatic N) is 1. The monoisotopic (exact) mass is 368 g/mol. The summed E-state index contributed by atoms with van der Waals surface area (Å²) in [4.78, 5) is 32.0. The van der Waals surface area contributed by atoms with E-state index in [1.165, 1.54) is 12.3 Å². The second kappa shape index (κ2) is 7.49. The molecule has 0 radical (unpaired) electrons. The van der Waals surface area contributed by atoms with Crippen LogP contribution in [0.2, 0.25) is 0 Å². The van der Waals surface area contributed by atoms with Crippen LogP contribution in [-0.2, 0) is 11.2 Å². The SMILES string of the molecule is CCCc1[nH]c(=O)c2c(O)c(-c3ccccn3)c(O)cc2c1C(=O)OCC. The summed E-state index contributed by atoms with van der Waals surface area (Å²) in [5.41, 5.74) is 0.358. The van der Waals surface area contributed by atoms with Crippen LogP contribution in [0.1, 0.15) is 36.3 Å². The van der Waals surface area contributed by atoms with Crippen molar-refractivity contribution in [3.05, 3.63) is 52.1 Å². The number of aryl methyl sites for hydroxylation is 1. The Morgan fingerprint density at radius 2 is 2.04 bits per heavy atom. The third kappa shape index (κ3) is 3.23. The molecule has 3 N–H and O–H groups in total. The molecular weight excluding hydrogens is 348 g/mol. The zero-order valence-electron chi connectivity index (χ0n) is 15.1. The zero-order chi connectivity index (χ0) is 19.6. The molecular formula is C20H20N2O5. The number of aromatic hydroxyl groups is 2. The van der Waals surface area contributed by atoms with Crippen LogP contribution in [0, 0.1) is 0 Å². The molecule has 2 aromatic heterocycles. The Balaban J connectivity index is 2.41. The van der Waals surface area contributed by atoms with Crippen molar-refractivity contribution in [2.45, 2.75) is 26.7 Å². The lowest BCUT2D eigenvalue weighted by Crippen LogP contribution is -2.18. The van der Waals surface area contributed by atoms with Gasteiger partial charge in [-0.1, -0.05) is 19.4 Å². The Hall–Kier alpha value is -3.35. The number of benzene rings is 1. The summed E-state index contributed by atoms with van der Waals surface area (Å²) < 4.78 is 5.12. The number of rotatable bonds is 5. The minimum Gasteiger partial charge on any atom is -0.507 e. The molecule has 0 saturated heterocycles. The highest BCUT2D eigenvalue weighted by Gasteiger charge is 2.25. The lowest BCUT2D eigenvalue weighted by molar-refractivity contribution is 0.0527. The number of aromatic amines is 1. The number of pyridine rings is 2. The molecule has 0 aliphatic carbocycles. The quantitative estimate of drug-likeness (QED) is 0.597. The molecule has 2 heterocycles. The van der Waals surface area contributed by atoms with Gasteiger partial charge in [0.15, 0.2) is 0 Å². The van der Waals surface area contributed by atoms with Crippen LogP contribution < -0.4 is 5.56 Å². The predicted molar refractivity (Wildman–Crippen MR) is 101 cm³/mol. The highest BCUT2D eigenvalue weighted by Crippen LogP contribution is 2.41. The smallest absolute Gasteiger partial charge is 0.340 e. The maximum absolute atomic E-state index is 12.7. The van der Waals surface area contributed by atoms with E-state index in [4.69, 9.17) is 4.74 Å². The van der Waals surface area contributed by atoms with E-state index < -0.39 is 17.3 Å². The van der Waals surface area contributed by atoms with Gasteiger partial charge in [-0.3, -0.25) is 9.78 Å². The number of ether oxygens (including phenoxy) is 1. The van der Waals surface area contributed by atoms with Crippen molar-refractivity contribution in [3.8, 4) is 22.8 Å². The first-order valence-electron chi connectivity index (χ1n) is 8.71. The van der Waals surface area contributed by atoms with Gasteiger partial charge in [-0.2, -0.15) is 0 Å². The molecule has 0 amide bonds. The van der Waals surface area contributed by atoms with Gasteiger partial charge in [0.25, 0.3) is 5.56 Å². The van der Waals surface area contributed by atoms with Crippen LogP contribution >= 0.6 is 0 Å². The molecule has 27 heavy (non-hydrogen) atoms. The number of esters is 1. The highest BCUT2D eigenvalue weighted by molar-refractivity contribution is 6.09. The Bertz CT molecular complexity index is 1060. The van der Waals surface area contributed by atoms with E-state index in [0.29, 0.717) is 24.2 Å². The number of H-pyrrole nitrogens is 1. The van der Waals surface area contributed by atoms with Gasteiger partial charge < -0.3 is 19.9 Å². The van der Waals surface area contributed by atoms with Crippen LogP contribution in [0.15, 0.2) is 35.3 Å². The van der Waals surface area contributed by atoms with E-state index in [1.54, 1.807) is 25.1 Å². The highest BCUT2D eigenvalue weighted by atomic mass is 16.5. The summed E-state index contributed by atoms with van der Waals surface area (Å²) in [6.45, 7) is 3.75.